The van der Waals surface area contributed by atoms with Gasteiger partial charge in [-0.15, -0.1) is 0 Å². The van der Waals surface area contributed by atoms with Gasteiger partial charge in [0.25, 0.3) is 5.91 Å². The van der Waals surface area contributed by atoms with E-state index in [1.54, 1.807) is 24.3 Å². The van der Waals surface area contributed by atoms with Gasteiger partial charge in [-0.2, -0.15) is 0 Å². The number of ether oxygens (including phenoxy) is 3. The van der Waals surface area contributed by atoms with Crippen LogP contribution in [0.5, 0.6) is 17.2 Å². The van der Waals surface area contributed by atoms with Crippen molar-refractivity contribution >= 4 is 23.4 Å². The van der Waals surface area contributed by atoms with Gasteiger partial charge < -0.3 is 24.4 Å². The monoisotopic (exact) mass is 524 g/mol. The summed E-state index contributed by atoms with van der Waals surface area (Å²) in [6.45, 7) is 3.63. The topological polar surface area (TPSA) is 77.1 Å². The molecule has 1 atom stereocenters. The third-order valence-electron chi connectivity index (χ3n) is 5.69. The van der Waals surface area contributed by atoms with Crippen molar-refractivity contribution in [2.24, 2.45) is 0 Å². The molecule has 0 heterocycles. The van der Waals surface area contributed by atoms with Crippen LogP contribution >= 0.6 is 11.6 Å². The first-order valence-corrected chi connectivity index (χ1v) is 12.4. The smallest absolute Gasteiger partial charge is 0.261 e. The Labute approximate surface area is 223 Å². The molecule has 0 saturated heterocycles. The summed E-state index contributed by atoms with van der Waals surface area (Å²) >= 11 is 6.44. The molecule has 0 bridgehead atoms. The molecule has 0 aliphatic carbocycles. The molecule has 7 nitrogen and oxygen atoms in total. The first-order chi connectivity index (χ1) is 17.8. The summed E-state index contributed by atoms with van der Waals surface area (Å²) in [6, 6.07) is 21.1. The zero-order valence-corrected chi connectivity index (χ0v) is 22.3. The number of benzene rings is 3. The molecule has 0 aromatic heterocycles. The molecule has 37 heavy (non-hydrogen) atoms. The summed E-state index contributed by atoms with van der Waals surface area (Å²) in [5, 5.41) is 3.48. The molecule has 3 aromatic rings. The van der Waals surface area contributed by atoms with Crippen molar-refractivity contribution in [3.8, 4) is 17.2 Å². The van der Waals surface area contributed by atoms with Gasteiger partial charge in [-0.05, 0) is 31.0 Å². The van der Waals surface area contributed by atoms with Crippen molar-refractivity contribution in [1.29, 1.82) is 0 Å². The summed E-state index contributed by atoms with van der Waals surface area (Å²) in [6.07, 6.45) is 0.336. The molecule has 0 aliphatic heterocycles. The van der Waals surface area contributed by atoms with Crippen LogP contribution < -0.4 is 19.5 Å². The largest absolute Gasteiger partial charge is 0.496 e. The Morgan fingerprint density at radius 2 is 1.49 bits per heavy atom. The fraction of sp³-hybridized carbons (Fsp3) is 0.310. The number of amides is 2. The number of carbonyl (C=O) groups is 2. The van der Waals surface area contributed by atoms with E-state index in [2.05, 4.69) is 5.32 Å². The normalized spacial score (nSPS) is 11.5. The fourth-order valence-corrected chi connectivity index (χ4v) is 4.03. The van der Waals surface area contributed by atoms with E-state index in [0.29, 0.717) is 28.7 Å². The maximum atomic E-state index is 13.7. The van der Waals surface area contributed by atoms with E-state index in [1.807, 2.05) is 62.4 Å². The Balaban J connectivity index is 1.93. The lowest BCUT2D eigenvalue weighted by Crippen LogP contribution is -2.52. The van der Waals surface area contributed by atoms with Gasteiger partial charge >= 0.3 is 0 Å². The molecule has 0 fully saturated rings. The molecule has 0 aliphatic rings. The van der Waals surface area contributed by atoms with Gasteiger partial charge in [-0.1, -0.05) is 60.1 Å². The number of nitrogens with zero attached hydrogens (tertiary/aromatic N) is 1. The van der Waals surface area contributed by atoms with Crippen molar-refractivity contribution in [2.75, 3.05) is 20.8 Å². The summed E-state index contributed by atoms with van der Waals surface area (Å²) in [5.74, 6) is 0.873. The van der Waals surface area contributed by atoms with Crippen LogP contribution in [0.25, 0.3) is 0 Å². The summed E-state index contributed by atoms with van der Waals surface area (Å²) in [7, 11) is 3.08. The second-order valence-electron chi connectivity index (χ2n) is 8.82. The van der Waals surface area contributed by atoms with Crippen LogP contribution in [0.4, 0.5) is 0 Å². The molecule has 3 rings (SSSR count). The number of methoxy groups -OCH3 is 2. The zero-order valence-electron chi connectivity index (χ0n) is 21.6. The maximum Gasteiger partial charge on any atom is 0.261 e. The molecular formula is C29H33ClN2O5. The number of halogens is 1. The zero-order chi connectivity index (χ0) is 26.8. The molecule has 0 spiro atoms. The Morgan fingerprint density at radius 3 is 2.08 bits per heavy atom. The number of rotatable bonds is 12. The predicted molar refractivity (Wildman–Crippen MR) is 144 cm³/mol. The predicted octanol–water partition coefficient (Wildman–Crippen LogP) is 4.90. The van der Waals surface area contributed by atoms with Crippen LogP contribution in [0, 0.1) is 0 Å². The highest BCUT2D eigenvalue weighted by atomic mass is 35.5. The number of hydrogen-bond donors (Lipinski definition) is 1. The Morgan fingerprint density at radius 1 is 0.892 bits per heavy atom. The van der Waals surface area contributed by atoms with E-state index in [0.717, 1.165) is 11.1 Å². The van der Waals surface area contributed by atoms with Crippen LogP contribution in [-0.2, 0) is 22.6 Å². The number of nitrogens with one attached hydrogen (secondary N) is 1. The summed E-state index contributed by atoms with van der Waals surface area (Å²) in [5.41, 5.74) is 1.66. The van der Waals surface area contributed by atoms with Gasteiger partial charge in [0.1, 0.15) is 23.3 Å². The van der Waals surface area contributed by atoms with Gasteiger partial charge in [0.05, 0.1) is 14.2 Å². The van der Waals surface area contributed by atoms with E-state index in [4.69, 9.17) is 25.8 Å². The van der Waals surface area contributed by atoms with Gasteiger partial charge in [0.15, 0.2) is 6.61 Å². The quantitative estimate of drug-likeness (QED) is 0.364. The molecule has 1 N–H and O–H groups in total. The van der Waals surface area contributed by atoms with Crippen LogP contribution in [0.2, 0.25) is 5.02 Å². The molecule has 0 radical (unpaired) electrons. The lowest BCUT2D eigenvalue weighted by molar-refractivity contribution is -0.143. The molecule has 1 unspecified atom stereocenters. The number of hydrogen-bond acceptors (Lipinski definition) is 5. The van der Waals surface area contributed by atoms with Crippen LogP contribution in [0.3, 0.4) is 0 Å². The lowest BCUT2D eigenvalue weighted by Gasteiger charge is -2.32. The van der Waals surface area contributed by atoms with E-state index >= 15 is 0 Å². The first kappa shape index (κ1) is 27.9. The standard InChI is InChI=1S/C29H33ClN2O5/c1-20(2)31-29(34)27(14-21-10-6-5-7-11-21)32(18-22-12-8-9-13-26(22)30)28(33)19-37-25-16-23(35-3)15-24(17-25)36-4/h5-13,15-17,20,27H,14,18-19H2,1-4H3,(H,31,34). The highest BCUT2D eigenvalue weighted by Crippen LogP contribution is 2.28. The SMILES string of the molecule is COc1cc(OC)cc(OCC(=O)N(Cc2ccccc2Cl)C(Cc2ccccc2)C(=O)NC(C)C)c1. The van der Waals surface area contributed by atoms with Gasteiger partial charge in [0.2, 0.25) is 5.91 Å². The van der Waals surface area contributed by atoms with Crippen molar-refractivity contribution < 1.29 is 23.8 Å². The van der Waals surface area contributed by atoms with Crippen molar-refractivity contribution in [1.82, 2.24) is 10.2 Å². The Bertz CT molecular complexity index is 1160. The third-order valence-corrected chi connectivity index (χ3v) is 6.06. The first-order valence-electron chi connectivity index (χ1n) is 12.0. The van der Waals surface area contributed by atoms with Crippen LogP contribution in [-0.4, -0.2) is 49.6 Å². The molecular weight excluding hydrogens is 492 g/mol. The highest BCUT2D eigenvalue weighted by molar-refractivity contribution is 6.31. The molecule has 196 valence electrons. The second-order valence-corrected chi connectivity index (χ2v) is 9.23. The summed E-state index contributed by atoms with van der Waals surface area (Å²) in [4.78, 5) is 28.6. The fourth-order valence-electron chi connectivity index (χ4n) is 3.84. The average Bonchev–Trinajstić information content (AvgIpc) is 2.90. The minimum atomic E-state index is -0.781. The van der Waals surface area contributed by atoms with E-state index in [1.165, 1.54) is 19.1 Å². The second kappa shape index (κ2) is 13.6. The average molecular weight is 525 g/mol. The third kappa shape index (κ3) is 8.15. The van der Waals surface area contributed by atoms with E-state index in [9.17, 15) is 9.59 Å². The minimum Gasteiger partial charge on any atom is -0.496 e. The van der Waals surface area contributed by atoms with E-state index in [-0.39, 0.29) is 31.0 Å². The van der Waals surface area contributed by atoms with Gasteiger partial charge in [-0.3, -0.25) is 9.59 Å². The maximum absolute atomic E-state index is 13.7. The minimum absolute atomic E-state index is 0.0939. The molecule has 3 aromatic carbocycles. The van der Waals surface area contributed by atoms with E-state index < -0.39 is 6.04 Å². The highest BCUT2D eigenvalue weighted by Gasteiger charge is 2.31. The van der Waals surface area contributed by atoms with Crippen molar-refractivity contribution in [3.63, 3.8) is 0 Å². The Kier molecular flexibility index (Phi) is 10.2. The van der Waals surface area contributed by atoms with Crippen LogP contribution in [0.15, 0.2) is 72.8 Å². The number of carbonyl (C=O) groups excluding carboxylic acids is 2. The molecule has 2 amide bonds. The van der Waals surface area contributed by atoms with Crippen LogP contribution in [0.1, 0.15) is 25.0 Å². The Hall–Kier alpha value is -3.71. The molecule has 0 saturated carbocycles. The lowest BCUT2D eigenvalue weighted by atomic mass is 10.0. The van der Waals surface area contributed by atoms with Gasteiger partial charge in [0, 0.05) is 42.2 Å². The van der Waals surface area contributed by atoms with Crippen molar-refractivity contribution in [2.45, 2.75) is 38.9 Å². The van der Waals surface area contributed by atoms with Gasteiger partial charge in [-0.25, -0.2) is 0 Å². The summed E-state index contributed by atoms with van der Waals surface area (Å²) < 4.78 is 16.4. The van der Waals surface area contributed by atoms with Crippen molar-refractivity contribution in [3.05, 3.63) is 88.9 Å². The molecule has 8 heteroatoms.